The third-order valence-corrected chi connectivity index (χ3v) is 4.02. The summed E-state index contributed by atoms with van der Waals surface area (Å²) in [6.45, 7) is 2.70. The van der Waals surface area contributed by atoms with Gasteiger partial charge in [-0.3, -0.25) is 4.79 Å². The van der Waals surface area contributed by atoms with Crippen molar-refractivity contribution < 1.29 is 18.8 Å². The topological polar surface area (TPSA) is 72.6 Å². The third kappa shape index (κ3) is 2.94. The highest BCUT2D eigenvalue weighted by molar-refractivity contribution is 6.33. The Kier molecular flexibility index (Phi) is 4.34. The third-order valence-electron chi connectivity index (χ3n) is 3.69. The minimum atomic E-state index is -0.537. The number of halogens is 1. The maximum Gasteiger partial charge on any atom is 0.360 e. The van der Waals surface area contributed by atoms with E-state index < -0.39 is 5.97 Å². The largest absolute Gasteiger partial charge is 0.461 e. The fourth-order valence-electron chi connectivity index (χ4n) is 2.55. The molecule has 0 bridgehead atoms. The molecule has 1 aliphatic heterocycles. The van der Waals surface area contributed by atoms with E-state index in [-0.39, 0.29) is 24.8 Å². The quantitative estimate of drug-likeness (QED) is 0.807. The van der Waals surface area contributed by atoms with Crippen LogP contribution in [-0.4, -0.2) is 35.1 Å². The molecule has 0 spiro atoms. The Morgan fingerprint density at radius 3 is 2.91 bits per heavy atom. The van der Waals surface area contributed by atoms with Crippen molar-refractivity contribution in [1.29, 1.82) is 0 Å². The lowest BCUT2D eigenvalue weighted by atomic mass is 10.0. The lowest BCUT2D eigenvalue weighted by Crippen LogP contribution is -2.36. The number of aromatic nitrogens is 1. The Hall–Kier alpha value is -2.34. The van der Waals surface area contributed by atoms with Gasteiger partial charge in [-0.2, -0.15) is 0 Å². The van der Waals surface area contributed by atoms with Gasteiger partial charge in [0, 0.05) is 18.5 Å². The summed E-state index contributed by atoms with van der Waals surface area (Å²) in [6, 6.07) is 6.89. The summed E-state index contributed by atoms with van der Waals surface area (Å²) in [6.07, 6.45) is 0.498. The number of ether oxygens (including phenoxy) is 1. The monoisotopic (exact) mass is 334 g/mol. The molecule has 1 amide bonds. The second-order valence-corrected chi connectivity index (χ2v) is 5.52. The molecule has 0 radical (unpaired) electrons. The van der Waals surface area contributed by atoms with Gasteiger partial charge in [-0.15, -0.1) is 0 Å². The molecule has 7 heteroatoms. The van der Waals surface area contributed by atoms with E-state index in [0.717, 1.165) is 0 Å². The molecule has 0 unspecified atom stereocenters. The smallest absolute Gasteiger partial charge is 0.360 e. The molecule has 0 fully saturated rings. The highest BCUT2D eigenvalue weighted by Gasteiger charge is 2.31. The van der Waals surface area contributed by atoms with Crippen LogP contribution in [0.1, 0.15) is 39.1 Å². The van der Waals surface area contributed by atoms with Crippen molar-refractivity contribution in [3.8, 4) is 0 Å². The zero-order valence-corrected chi connectivity index (χ0v) is 13.3. The van der Waals surface area contributed by atoms with Crippen LogP contribution in [0.15, 0.2) is 28.8 Å². The molecule has 0 atom stereocenters. The first-order chi connectivity index (χ1) is 11.1. The Morgan fingerprint density at radius 1 is 1.39 bits per heavy atom. The van der Waals surface area contributed by atoms with Crippen molar-refractivity contribution in [2.75, 3.05) is 13.2 Å². The zero-order chi connectivity index (χ0) is 16.4. The Labute approximate surface area is 138 Å². The van der Waals surface area contributed by atoms with Crippen molar-refractivity contribution in [2.45, 2.75) is 19.9 Å². The predicted octanol–water partition coefficient (Wildman–Crippen LogP) is 2.70. The SMILES string of the molecule is CCOC(=O)c1noc2c1CN(C(=O)c1ccccc1Cl)CC2. The van der Waals surface area contributed by atoms with Crippen molar-refractivity contribution in [1.82, 2.24) is 10.1 Å². The van der Waals surface area contributed by atoms with Crippen molar-refractivity contribution >= 4 is 23.5 Å². The molecule has 2 heterocycles. The van der Waals surface area contributed by atoms with E-state index in [9.17, 15) is 9.59 Å². The maximum atomic E-state index is 12.6. The van der Waals surface area contributed by atoms with E-state index in [1.165, 1.54) is 0 Å². The summed E-state index contributed by atoms with van der Waals surface area (Å²) >= 11 is 6.09. The van der Waals surface area contributed by atoms with Crippen LogP contribution in [0.3, 0.4) is 0 Å². The number of rotatable bonds is 3. The molecule has 6 nitrogen and oxygen atoms in total. The van der Waals surface area contributed by atoms with Gasteiger partial charge in [-0.25, -0.2) is 4.79 Å². The molecule has 0 N–H and O–H groups in total. The van der Waals surface area contributed by atoms with Gasteiger partial charge in [0.25, 0.3) is 5.91 Å². The van der Waals surface area contributed by atoms with Gasteiger partial charge in [0.05, 0.1) is 23.7 Å². The Balaban J connectivity index is 1.85. The first-order valence-corrected chi connectivity index (χ1v) is 7.68. The van der Waals surface area contributed by atoms with Gasteiger partial charge in [-0.1, -0.05) is 28.9 Å². The standard InChI is InChI=1S/C16H15ClN2O4/c1-2-22-16(21)14-11-9-19(8-7-13(11)23-18-14)15(20)10-5-3-4-6-12(10)17/h3-6H,2,7-9H2,1H3. The number of benzene rings is 1. The molecule has 1 aromatic heterocycles. The van der Waals surface area contributed by atoms with Crippen LogP contribution >= 0.6 is 11.6 Å². The number of carbonyl (C=O) groups excluding carboxylic acids is 2. The normalized spacial score (nSPS) is 13.6. The summed E-state index contributed by atoms with van der Waals surface area (Å²) in [5.74, 6) is -0.0990. The minimum Gasteiger partial charge on any atom is -0.461 e. The average Bonchev–Trinajstić information content (AvgIpc) is 2.98. The molecule has 1 aromatic carbocycles. The number of nitrogens with zero attached hydrogens (tertiary/aromatic N) is 2. The van der Waals surface area contributed by atoms with Crippen LogP contribution in [0.2, 0.25) is 5.02 Å². The molecule has 1 aliphatic rings. The van der Waals surface area contributed by atoms with Gasteiger partial charge >= 0.3 is 5.97 Å². The molecule has 0 saturated heterocycles. The van der Waals surface area contributed by atoms with Crippen LogP contribution in [0.5, 0.6) is 0 Å². The van der Waals surface area contributed by atoms with E-state index in [1.807, 2.05) is 0 Å². The number of esters is 1. The summed E-state index contributed by atoms with van der Waals surface area (Å²) < 4.78 is 10.2. The van der Waals surface area contributed by atoms with Gasteiger partial charge in [0.15, 0.2) is 5.69 Å². The summed E-state index contributed by atoms with van der Waals surface area (Å²) in [5, 5.41) is 4.19. The zero-order valence-electron chi connectivity index (χ0n) is 12.5. The first kappa shape index (κ1) is 15.6. The molecule has 2 aromatic rings. The van der Waals surface area contributed by atoms with Gasteiger partial charge in [-0.05, 0) is 19.1 Å². The number of amides is 1. The van der Waals surface area contributed by atoms with Crippen LogP contribution in [0.4, 0.5) is 0 Å². The van der Waals surface area contributed by atoms with Crippen LogP contribution < -0.4 is 0 Å². The second kappa shape index (κ2) is 6.42. The van der Waals surface area contributed by atoms with Gasteiger partial charge < -0.3 is 14.2 Å². The van der Waals surface area contributed by atoms with E-state index in [1.54, 1.807) is 36.1 Å². The van der Waals surface area contributed by atoms with Crippen molar-refractivity contribution in [2.24, 2.45) is 0 Å². The van der Waals surface area contributed by atoms with Gasteiger partial charge in [0.2, 0.25) is 0 Å². The van der Waals surface area contributed by atoms with Crippen molar-refractivity contribution in [3.05, 3.63) is 51.9 Å². The lowest BCUT2D eigenvalue weighted by Gasteiger charge is -2.26. The molecular formula is C16H15ClN2O4. The fraction of sp³-hybridized carbons (Fsp3) is 0.312. The average molecular weight is 335 g/mol. The van der Waals surface area contributed by atoms with E-state index in [4.69, 9.17) is 20.9 Å². The molecule has 0 saturated carbocycles. The molecule has 23 heavy (non-hydrogen) atoms. The van der Waals surface area contributed by atoms with Crippen LogP contribution in [0, 0.1) is 0 Å². The maximum absolute atomic E-state index is 12.6. The molecule has 3 rings (SSSR count). The Morgan fingerprint density at radius 2 is 2.17 bits per heavy atom. The van der Waals surface area contributed by atoms with Crippen LogP contribution in [0.25, 0.3) is 0 Å². The lowest BCUT2D eigenvalue weighted by molar-refractivity contribution is 0.0510. The predicted molar refractivity (Wildman–Crippen MR) is 82.4 cm³/mol. The number of hydrogen-bond donors (Lipinski definition) is 0. The van der Waals surface area contributed by atoms with Crippen molar-refractivity contribution in [3.63, 3.8) is 0 Å². The van der Waals surface area contributed by atoms with Crippen LogP contribution in [-0.2, 0) is 17.7 Å². The summed E-state index contributed by atoms with van der Waals surface area (Å²) in [5.41, 5.74) is 1.18. The molecule has 0 aliphatic carbocycles. The minimum absolute atomic E-state index is 0.138. The highest BCUT2D eigenvalue weighted by Crippen LogP contribution is 2.26. The van der Waals surface area contributed by atoms with E-state index in [2.05, 4.69) is 5.16 Å². The first-order valence-electron chi connectivity index (χ1n) is 7.30. The van der Waals surface area contributed by atoms with Gasteiger partial charge in [0.1, 0.15) is 5.76 Å². The number of hydrogen-bond acceptors (Lipinski definition) is 5. The Bertz CT molecular complexity index is 756. The number of carbonyl (C=O) groups is 2. The molecular weight excluding hydrogens is 320 g/mol. The molecule has 120 valence electrons. The van der Waals surface area contributed by atoms with E-state index >= 15 is 0 Å². The summed E-state index contributed by atoms with van der Waals surface area (Å²) in [4.78, 5) is 26.2. The fourth-order valence-corrected chi connectivity index (χ4v) is 2.76. The highest BCUT2D eigenvalue weighted by atomic mass is 35.5. The van der Waals surface area contributed by atoms with E-state index in [0.29, 0.717) is 34.9 Å². The number of fused-ring (bicyclic) bond motifs is 1. The summed E-state index contributed by atoms with van der Waals surface area (Å²) in [7, 11) is 0. The second-order valence-electron chi connectivity index (χ2n) is 5.11.